The quantitative estimate of drug-likeness (QED) is 0.907. The molecule has 2 N–H and O–H groups in total. The van der Waals surface area contributed by atoms with Crippen LogP contribution in [0.4, 0.5) is 11.4 Å². The zero-order valence-corrected chi connectivity index (χ0v) is 13.8. The minimum absolute atomic E-state index is 0.0395. The van der Waals surface area contributed by atoms with Crippen LogP contribution >= 0.6 is 0 Å². The third kappa shape index (κ3) is 3.74. The number of hydrogen-bond donors (Lipinski definition) is 2. The van der Waals surface area contributed by atoms with Gasteiger partial charge in [0.1, 0.15) is 0 Å². The molecule has 1 heterocycles. The standard InChI is InChI=1S/C19H20N2O3/c1-12-4-3-5-14(8-12)6-7-17(22)20-15-9-13(2)10-16-19(15)24-11-18(23)21-16/h3-5,8-10H,6-7,11H2,1-2H3,(H,20,22)(H,21,23). The fourth-order valence-electron chi connectivity index (χ4n) is 2.78. The lowest BCUT2D eigenvalue weighted by molar-refractivity contribution is -0.118. The van der Waals surface area contributed by atoms with Gasteiger partial charge in [-0.05, 0) is 43.5 Å². The van der Waals surface area contributed by atoms with Crippen LogP contribution < -0.4 is 15.4 Å². The van der Waals surface area contributed by atoms with Crippen LogP contribution in [0.1, 0.15) is 23.1 Å². The van der Waals surface area contributed by atoms with Gasteiger partial charge in [0.15, 0.2) is 12.4 Å². The second-order valence-corrected chi connectivity index (χ2v) is 6.06. The van der Waals surface area contributed by atoms with Gasteiger partial charge in [0.2, 0.25) is 5.91 Å². The fourth-order valence-corrected chi connectivity index (χ4v) is 2.78. The summed E-state index contributed by atoms with van der Waals surface area (Å²) in [6.07, 6.45) is 1.07. The van der Waals surface area contributed by atoms with Gasteiger partial charge >= 0.3 is 0 Å². The van der Waals surface area contributed by atoms with Crippen LogP contribution in [-0.4, -0.2) is 18.4 Å². The molecule has 0 atom stereocenters. The van der Waals surface area contributed by atoms with E-state index < -0.39 is 0 Å². The van der Waals surface area contributed by atoms with Gasteiger partial charge in [0.05, 0.1) is 11.4 Å². The molecular formula is C19H20N2O3. The summed E-state index contributed by atoms with van der Waals surface area (Å²) in [6.45, 7) is 3.90. The summed E-state index contributed by atoms with van der Waals surface area (Å²) in [5, 5.41) is 5.66. The molecule has 0 bridgehead atoms. The lowest BCUT2D eigenvalue weighted by Gasteiger charge is -2.21. The van der Waals surface area contributed by atoms with E-state index in [1.54, 1.807) is 0 Å². The number of carbonyl (C=O) groups is 2. The van der Waals surface area contributed by atoms with E-state index in [1.807, 2.05) is 44.2 Å². The highest BCUT2D eigenvalue weighted by Crippen LogP contribution is 2.37. The molecule has 2 amide bonds. The second-order valence-electron chi connectivity index (χ2n) is 6.06. The van der Waals surface area contributed by atoms with Gasteiger partial charge in [-0.3, -0.25) is 9.59 Å². The first-order valence-corrected chi connectivity index (χ1v) is 7.94. The van der Waals surface area contributed by atoms with Gasteiger partial charge in [0.25, 0.3) is 5.91 Å². The Hall–Kier alpha value is -2.82. The molecule has 1 aliphatic heterocycles. The Morgan fingerprint density at radius 1 is 1.21 bits per heavy atom. The molecule has 3 rings (SSSR count). The average molecular weight is 324 g/mol. The number of amides is 2. The molecule has 0 aromatic heterocycles. The Balaban J connectivity index is 1.69. The predicted octanol–water partition coefficient (Wildman–Crippen LogP) is 3.21. The first kappa shape index (κ1) is 16.1. The Bertz CT molecular complexity index is 799. The largest absolute Gasteiger partial charge is 0.479 e. The maximum absolute atomic E-state index is 12.3. The van der Waals surface area contributed by atoms with Crippen molar-refractivity contribution >= 4 is 23.2 Å². The lowest BCUT2D eigenvalue weighted by Crippen LogP contribution is -2.26. The molecule has 0 spiro atoms. The van der Waals surface area contributed by atoms with Gasteiger partial charge in [-0.25, -0.2) is 0 Å². The molecule has 0 unspecified atom stereocenters. The molecule has 2 aromatic rings. The smallest absolute Gasteiger partial charge is 0.262 e. The Labute approximate surface area is 141 Å². The van der Waals surface area contributed by atoms with E-state index in [0.29, 0.717) is 30.0 Å². The van der Waals surface area contributed by atoms with Gasteiger partial charge < -0.3 is 15.4 Å². The van der Waals surface area contributed by atoms with E-state index in [1.165, 1.54) is 5.56 Å². The number of anilines is 2. The lowest BCUT2D eigenvalue weighted by atomic mass is 10.1. The SMILES string of the molecule is Cc1cccc(CCC(=O)Nc2cc(C)cc3c2OCC(=O)N3)c1. The topological polar surface area (TPSA) is 67.4 Å². The molecule has 0 fully saturated rings. The summed E-state index contributed by atoms with van der Waals surface area (Å²) in [5.41, 5.74) is 4.46. The van der Waals surface area contributed by atoms with Crippen molar-refractivity contribution in [2.45, 2.75) is 26.7 Å². The number of hydrogen-bond acceptors (Lipinski definition) is 3. The van der Waals surface area contributed by atoms with E-state index in [0.717, 1.165) is 11.1 Å². The first-order chi connectivity index (χ1) is 11.5. The van der Waals surface area contributed by atoms with E-state index in [9.17, 15) is 9.59 Å². The molecule has 0 aliphatic carbocycles. The minimum Gasteiger partial charge on any atom is -0.479 e. The number of nitrogens with one attached hydrogen (secondary N) is 2. The number of benzene rings is 2. The number of rotatable bonds is 4. The molecule has 1 aliphatic rings. The Morgan fingerprint density at radius 3 is 2.83 bits per heavy atom. The Kier molecular flexibility index (Phi) is 4.51. The molecule has 0 radical (unpaired) electrons. The van der Waals surface area contributed by atoms with Crippen LogP contribution in [0.5, 0.6) is 5.75 Å². The molecule has 5 heteroatoms. The fraction of sp³-hybridized carbons (Fsp3) is 0.263. The minimum atomic E-state index is -0.190. The summed E-state index contributed by atoms with van der Waals surface area (Å²) in [6, 6.07) is 11.8. The van der Waals surface area contributed by atoms with Crippen molar-refractivity contribution in [3.05, 3.63) is 53.1 Å². The van der Waals surface area contributed by atoms with Crippen molar-refractivity contribution in [1.29, 1.82) is 0 Å². The van der Waals surface area contributed by atoms with E-state index in [2.05, 4.69) is 16.7 Å². The molecule has 0 saturated heterocycles. The monoisotopic (exact) mass is 324 g/mol. The Morgan fingerprint density at radius 2 is 2.04 bits per heavy atom. The van der Waals surface area contributed by atoms with Crippen molar-refractivity contribution in [3.63, 3.8) is 0 Å². The number of aryl methyl sites for hydroxylation is 3. The number of ether oxygens (including phenoxy) is 1. The third-order valence-electron chi connectivity index (χ3n) is 3.85. The summed E-state index contributed by atoms with van der Waals surface area (Å²) in [4.78, 5) is 23.7. The van der Waals surface area contributed by atoms with Crippen LogP contribution in [0.2, 0.25) is 0 Å². The van der Waals surface area contributed by atoms with E-state index in [4.69, 9.17) is 4.74 Å². The second kappa shape index (κ2) is 6.74. The first-order valence-electron chi connectivity index (χ1n) is 7.94. The van der Waals surface area contributed by atoms with Crippen molar-refractivity contribution < 1.29 is 14.3 Å². The molecule has 0 saturated carbocycles. The van der Waals surface area contributed by atoms with E-state index >= 15 is 0 Å². The van der Waals surface area contributed by atoms with Gasteiger partial charge in [0, 0.05) is 6.42 Å². The number of fused-ring (bicyclic) bond motifs is 1. The van der Waals surface area contributed by atoms with Crippen LogP contribution in [0.25, 0.3) is 0 Å². The van der Waals surface area contributed by atoms with Crippen LogP contribution in [-0.2, 0) is 16.0 Å². The summed E-state index contributed by atoms with van der Waals surface area (Å²) in [7, 11) is 0. The van der Waals surface area contributed by atoms with Crippen LogP contribution in [0, 0.1) is 13.8 Å². The zero-order chi connectivity index (χ0) is 17.1. The maximum Gasteiger partial charge on any atom is 0.262 e. The van der Waals surface area contributed by atoms with Crippen molar-refractivity contribution in [3.8, 4) is 5.75 Å². The summed E-state index contributed by atoms with van der Waals surface area (Å²) in [5.74, 6) is 0.249. The summed E-state index contributed by atoms with van der Waals surface area (Å²) < 4.78 is 5.47. The predicted molar refractivity (Wildman–Crippen MR) is 93.4 cm³/mol. The highest BCUT2D eigenvalue weighted by atomic mass is 16.5. The zero-order valence-electron chi connectivity index (χ0n) is 13.8. The van der Waals surface area contributed by atoms with E-state index in [-0.39, 0.29) is 18.4 Å². The average Bonchev–Trinajstić information content (AvgIpc) is 2.52. The van der Waals surface area contributed by atoms with Crippen molar-refractivity contribution in [1.82, 2.24) is 0 Å². The molecule has 2 aromatic carbocycles. The third-order valence-corrected chi connectivity index (χ3v) is 3.85. The van der Waals surface area contributed by atoms with Crippen molar-refractivity contribution in [2.75, 3.05) is 17.2 Å². The molecular weight excluding hydrogens is 304 g/mol. The normalized spacial score (nSPS) is 12.8. The van der Waals surface area contributed by atoms with Gasteiger partial charge in [-0.2, -0.15) is 0 Å². The molecule has 124 valence electrons. The highest BCUT2D eigenvalue weighted by molar-refractivity contribution is 6.00. The van der Waals surface area contributed by atoms with Crippen molar-refractivity contribution in [2.24, 2.45) is 0 Å². The highest BCUT2D eigenvalue weighted by Gasteiger charge is 2.20. The molecule has 24 heavy (non-hydrogen) atoms. The maximum atomic E-state index is 12.3. The van der Waals surface area contributed by atoms with Crippen LogP contribution in [0.15, 0.2) is 36.4 Å². The summed E-state index contributed by atoms with van der Waals surface area (Å²) >= 11 is 0. The van der Waals surface area contributed by atoms with Crippen LogP contribution in [0.3, 0.4) is 0 Å². The van der Waals surface area contributed by atoms with Gasteiger partial charge in [-0.1, -0.05) is 29.8 Å². The number of carbonyl (C=O) groups excluding carboxylic acids is 2. The molecule has 5 nitrogen and oxygen atoms in total. The van der Waals surface area contributed by atoms with Gasteiger partial charge in [-0.15, -0.1) is 0 Å².